The summed E-state index contributed by atoms with van der Waals surface area (Å²) in [6, 6.07) is -0.253. The van der Waals surface area contributed by atoms with Crippen LogP contribution in [0.1, 0.15) is 26.0 Å². The van der Waals surface area contributed by atoms with Gasteiger partial charge in [0.1, 0.15) is 6.04 Å². The first-order valence-corrected chi connectivity index (χ1v) is 6.31. The van der Waals surface area contributed by atoms with Crippen LogP contribution >= 0.6 is 11.3 Å². The number of nitrogens with zero attached hydrogens (tertiary/aromatic N) is 1. The number of rotatable bonds is 6. The maximum absolute atomic E-state index is 11.6. The van der Waals surface area contributed by atoms with E-state index in [-0.39, 0.29) is 17.9 Å². The summed E-state index contributed by atoms with van der Waals surface area (Å²) in [5.41, 5.74) is 2.75. The highest BCUT2D eigenvalue weighted by Crippen LogP contribution is 2.10. The van der Waals surface area contributed by atoms with Crippen molar-refractivity contribution >= 4 is 17.3 Å². The van der Waals surface area contributed by atoms with Gasteiger partial charge < -0.3 is 4.74 Å². The molecule has 0 bridgehead atoms. The van der Waals surface area contributed by atoms with E-state index in [1.807, 2.05) is 12.3 Å². The summed E-state index contributed by atoms with van der Waals surface area (Å²) in [6.07, 6.45) is 0.934. The number of carbonyl (C=O) groups excluding carboxylic acids is 1. The lowest BCUT2D eigenvalue weighted by molar-refractivity contribution is -0.144. The van der Waals surface area contributed by atoms with E-state index in [2.05, 4.69) is 17.2 Å². The van der Waals surface area contributed by atoms with Crippen LogP contribution in [0.2, 0.25) is 0 Å². The number of ether oxygens (including phenoxy) is 1. The van der Waals surface area contributed by atoms with Crippen LogP contribution < -0.4 is 5.32 Å². The van der Waals surface area contributed by atoms with Crippen molar-refractivity contribution in [2.45, 2.75) is 32.9 Å². The summed E-state index contributed by atoms with van der Waals surface area (Å²) < 4.78 is 4.79. The Kier molecular flexibility index (Phi) is 5.42. The Morgan fingerprint density at radius 2 is 2.44 bits per heavy atom. The van der Waals surface area contributed by atoms with Crippen molar-refractivity contribution in [3.8, 4) is 0 Å². The fraction of sp³-hybridized carbons (Fsp3) is 0.636. The summed E-state index contributed by atoms with van der Waals surface area (Å²) in [7, 11) is 1.42. The molecule has 0 saturated heterocycles. The van der Waals surface area contributed by atoms with E-state index in [0.717, 1.165) is 12.1 Å². The first-order chi connectivity index (χ1) is 7.69. The van der Waals surface area contributed by atoms with Crippen LogP contribution in [0.5, 0.6) is 0 Å². The number of nitrogens with one attached hydrogen (secondary N) is 1. The molecule has 16 heavy (non-hydrogen) atoms. The molecule has 0 aromatic carbocycles. The maximum Gasteiger partial charge on any atom is 0.323 e. The highest BCUT2D eigenvalue weighted by atomic mass is 32.1. The molecule has 0 spiro atoms. The Hall–Kier alpha value is -0.940. The van der Waals surface area contributed by atoms with Crippen molar-refractivity contribution < 1.29 is 9.53 Å². The van der Waals surface area contributed by atoms with E-state index in [9.17, 15) is 4.79 Å². The molecular formula is C11H18N2O2S. The minimum absolute atomic E-state index is 0.204. The molecule has 90 valence electrons. The molecule has 0 saturated carbocycles. The molecule has 1 heterocycles. The van der Waals surface area contributed by atoms with Crippen molar-refractivity contribution in [1.82, 2.24) is 10.3 Å². The van der Waals surface area contributed by atoms with E-state index < -0.39 is 0 Å². The largest absolute Gasteiger partial charge is 0.468 e. The van der Waals surface area contributed by atoms with E-state index in [0.29, 0.717) is 6.54 Å². The zero-order valence-electron chi connectivity index (χ0n) is 9.90. The third-order valence-corrected chi connectivity index (χ3v) is 3.29. The van der Waals surface area contributed by atoms with Gasteiger partial charge in [-0.05, 0) is 5.92 Å². The average molecular weight is 242 g/mol. The number of thiazole rings is 1. The molecule has 2 unspecified atom stereocenters. The van der Waals surface area contributed by atoms with E-state index in [1.54, 1.807) is 16.8 Å². The normalized spacial score (nSPS) is 14.4. The van der Waals surface area contributed by atoms with Crippen LogP contribution in [0.3, 0.4) is 0 Å². The van der Waals surface area contributed by atoms with Gasteiger partial charge >= 0.3 is 5.97 Å². The standard InChI is InChI=1S/C11H18N2O2S/c1-4-8(2)10(11(14)15-3)12-5-9-6-16-7-13-9/h6-8,10,12H,4-5H2,1-3H3. The molecule has 2 atom stereocenters. The summed E-state index contributed by atoms with van der Waals surface area (Å²) in [6.45, 7) is 4.70. The monoisotopic (exact) mass is 242 g/mol. The van der Waals surface area contributed by atoms with Crippen LogP contribution in [0.15, 0.2) is 10.9 Å². The molecule has 0 amide bonds. The summed E-state index contributed by atoms with van der Waals surface area (Å²) in [4.78, 5) is 15.7. The van der Waals surface area contributed by atoms with Gasteiger partial charge in [-0.3, -0.25) is 10.1 Å². The van der Waals surface area contributed by atoms with E-state index in [4.69, 9.17) is 4.74 Å². The van der Waals surface area contributed by atoms with Crippen LogP contribution in [-0.4, -0.2) is 24.1 Å². The predicted molar refractivity (Wildman–Crippen MR) is 64.2 cm³/mol. The third kappa shape index (κ3) is 3.57. The van der Waals surface area contributed by atoms with Gasteiger partial charge in [0.05, 0.1) is 18.3 Å². The molecule has 1 aromatic heterocycles. The first-order valence-electron chi connectivity index (χ1n) is 5.37. The zero-order chi connectivity index (χ0) is 12.0. The molecule has 4 nitrogen and oxygen atoms in total. The van der Waals surface area contributed by atoms with Gasteiger partial charge in [-0.15, -0.1) is 11.3 Å². The van der Waals surface area contributed by atoms with Crippen molar-refractivity contribution in [2.75, 3.05) is 7.11 Å². The number of carbonyl (C=O) groups is 1. The van der Waals surface area contributed by atoms with Gasteiger partial charge in [0, 0.05) is 11.9 Å². The van der Waals surface area contributed by atoms with Gasteiger partial charge in [0.25, 0.3) is 0 Å². The summed E-state index contributed by atoms with van der Waals surface area (Å²) in [5, 5.41) is 5.16. The Morgan fingerprint density at radius 3 is 2.94 bits per heavy atom. The van der Waals surface area contributed by atoms with Crippen molar-refractivity contribution in [3.63, 3.8) is 0 Å². The second-order valence-electron chi connectivity index (χ2n) is 3.75. The lowest BCUT2D eigenvalue weighted by Crippen LogP contribution is -2.42. The molecule has 0 fully saturated rings. The molecule has 0 radical (unpaired) electrons. The molecule has 1 N–H and O–H groups in total. The van der Waals surface area contributed by atoms with Crippen LogP contribution in [0.4, 0.5) is 0 Å². The van der Waals surface area contributed by atoms with Gasteiger partial charge in [-0.1, -0.05) is 20.3 Å². The van der Waals surface area contributed by atoms with Crippen molar-refractivity contribution in [3.05, 3.63) is 16.6 Å². The number of hydrogen-bond donors (Lipinski definition) is 1. The maximum atomic E-state index is 11.6. The lowest BCUT2D eigenvalue weighted by atomic mass is 9.99. The SMILES string of the molecule is CCC(C)C(NCc1cscn1)C(=O)OC. The Morgan fingerprint density at radius 1 is 1.69 bits per heavy atom. The fourth-order valence-electron chi connectivity index (χ4n) is 1.42. The molecule has 1 aromatic rings. The highest BCUT2D eigenvalue weighted by molar-refractivity contribution is 7.07. The van der Waals surface area contributed by atoms with E-state index in [1.165, 1.54) is 7.11 Å². The fourth-order valence-corrected chi connectivity index (χ4v) is 1.98. The van der Waals surface area contributed by atoms with Crippen molar-refractivity contribution in [1.29, 1.82) is 0 Å². The van der Waals surface area contributed by atoms with Gasteiger partial charge in [-0.2, -0.15) is 0 Å². The third-order valence-electron chi connectivity index (χ3n) is 2.65. The van der Waals surface area contributed by atoms with Crippen LogP contribution in [-0.2, 0) is 16.1 Å². The zero-order valence-corrected chi connectivity index (χ0v) is 10.7. The number of aromatic nitrogens is 1. The molecule has 0 aliphatic heterocycles. The molecule has 0 aliphatic carbocycles. The lowest BCUT2D eigenvalue weighted by Gasteiger charge is -2.21. The molecule has 5 heteroatoms. The number of hydrogen-bond acceptors (Lipinski definition) is 5. The van der Waals surface area contributed by atoms with Crippen LogP contribution in [0.25, 0.3) is 0 Å². The second kappa shape index (κ2) is 6.60. The minimum atomic E-state index is -0.253. The van der Waals surface area contributed by atoms with Gasteiger partial charge in [0.15, 0.2) is 0 Å². The molecule has 0 aliphatic rings. The number of methoxy groups -OCH3 is 1. The Balaban J connectivity index is 2.53. The Labute approximate surface area is 100 Å². The van der Waals surface area contributed by atoms with Crippen LogP contribution in [0, 0.1) is 5.92 Å². The minimum Gasteiger partial charge on any atom is -0.468 e. The summed E-state index contributed by atoms with van der Waals surface area (Å²) >= 11 is 1.55. The van der Waals surface area contributed by atoms with E-state index >= 15 is 0 Å². The predicted octanol–water partition coefficient (Wildman–Crippen LogP) is 1.82. The highest BCUT2D eigenvalue weighted by Gasteiger charge is 2.24. The molecular weight excluding hydrogens is 224 g/mol. The van der Waals surface area contributed by atoms with Gasteiger partial charge in [0.2, 0.25) is 0 Å². The smallest absolute Gasteiger partial charge is 0.323 e. The first kappa shape index (κ1) is 13.1. The topological polar surface area (TPSA) is 51.2 Å². The molecule has 1 rings (SSSR count). The van der Waals surface area contributed by atoms with Gasteiger partial charge in [-0.25, -0.2) is 4.98 Å². The van der Waals surface area contributed by atoms with Crippen molar-refractivity contribution in [2.24, 2.45) is 5.92 Å². The number of esters is 1. The Bertz CT molecular complexity index is 314. The average Bonchev–Trinajstić information content (AvgIpc) is 2.81. The quantitative estimate of drug-likeness (QED) is 0.773. The second-order valence-corrected chi connectivity index (χ2v) is 4.47. The summed E-state index contributed by atoms with van der Waals surface area (Å²) in [5.74, 6) is 0.0515.